The molecular formula is C23H26N2O6. The second-order valence-electron chi connectivity index (χ2n) is 7.04. The molecule has 0 aromatic heterocycles. The van der Waals surface area contributed by atoms with Crippen LogP contribution in [0.2, 0.25) is 0 Å². The van der Waals surface area contributed by atoms with E-state index >= 15 is 0 Å². The zero-order valence-corrected chi connectivity index (χ0v) is 17.8. The largest absolute Gasteiger partial charge is 0.494 e. The van der Waals surface area contributed by atoms with E-state index in [1.54, 1.807) is 38.1 Å². The summed E-state index contributed by atoms with van der Waals surface area (Å²) in [6.45, 7) is 6.06. The number of nitro benzene ring substituents is 1. The van der Waals surface area contributed by atoms with E-state index in [0.29, 0.717) is 23.5 Å². The first-order chi connectivity index (χ1) is 14.8. The van der Waals surface area contributed by atoms with Crippen LogP contribution in [0.1, 0.15) is 49.5 Å². The fraction of sp³-hybridized carbons (Fsp3) is 0.304. The van der Waals surface area contributed by atoms with Gasteiger partial charge in [0, 0.05) is 17.7 Å². The highest BCUT2D eigenvalue weighted by molar-refractivity contribution is 6.03. The van der Waals surface area contributed by atoms with E-state index in [9.17, 15) is 19.7 Å². The summed E-state index contributed by atoms with van der Waals surface area (Å²) in [4.78, 5) is 35.4. The molecule has 0 atom stereocenters. The van der Waals surface area contributed by atoms with Crippen molar-refractivity contribution in [1.29, 1.82) is 0 Å². The van der Waals surface area contributed by atoms with Crippen LogP contribution in [-0.2, 0) is 9.53 Å². The number of hydrogen-bond acceptors (Lipinski definition) is 6. The van der Waals surface area contributed by atoms with Crippen LogP contribution in [-0.4, -0.2) is 29.5 Å². The van der Waals surface area contributed by atoms with Gasteiger partial charge in [-0.25, -0.2) is 4.79 Å². The third kappa shape index (κ3) is 7.58. The molecular weight excluding hydrogens is 400 g/mol. The third-order valence-corrected chi connectivity index (χ3v) is 4.11. The number of unbranched alkanes of at least 4 members (excludes halogenated alkanes) is 1. The second kappa shape index (κ2) is 11.5. The average molecular weight is 426 g/mol. The monoisotopic (exact) mass is 426 g/mol. The molecule has 0 fully saturated rings. The molecule has 31 heavy (non-hydrogen) atoms. The molecule has 0 aliphatic rings. The van der Waals surface area contributed by atoms with Crippen molar-refractivity contribution in [2.45, 2.75) is 39.7 Å². The van der Waals surface area contributed by atoms with Gasteiger partial charge in [0.15, 0.2) is 0 Å². The van der Waals surface area contributed by atoms with Crippen molar-refractivity contribution in [1.82, 2.24) is 5.32 Å². The van der Waals surface area contributed by atoms with E-state index in [2.05, 4.69) is 12.2 Å². The molecule has 164 valence electrons. The van der Waals surface area contributed by atoms with Gasteiger partial charge in [0.05, 0.1) is 17.6 Å². The highest BCUT2D eigenvalue weighted by Gasteiger charge is 2.17. The summed E-state index contributed by atoms with van der Waals surface area (Å²) >= 11 is 0. The molecule has 0 bridgehead atoms. The molecule has 0 aliphatic carbocycles. The molecule has 1 N–H and O–H groups in total. The number of carbonyl (C=O) groups is 2. The third-order valence-electron chi connectivity index (χ3n) is 4.11. The maximum absolute atomic E-state index is 12.7. The number of ether oxygens (including phenoxy) is 2. The summed E-state index contributed by atoms with van der Waals surface area (Å²) in [5, 5.41) is 13.4. The minimum Gasteiger partial charge on any atom is -0.494 e. The Kier molecular flexibility index (Phi) is 8.75. The van der Waals surface area contributed by atoms with Crippen LogP contribution in [0, 0.1) is 10.1 Å². The quantitative estimate of drug-likeness (QED) is 0.197. The molecule has 0 heterocycles. The molecule has 0 saturated heterocycles. The molecule has 0 aliphatic heterocycles. The van der Waals surface area contributed by atoms with E-state index in [1.165, 1.54) is 30.3 Å². The molecule has 2 rings (SSSR count). The Hall–Kier alpha value is -3.68. The predicted molar refractivity (Wildman–Crippen MR) is 117 cm³/mol. The fourth-order valence-electron chi connectivity index (χ4n) is 2.51. The van der Waals surface area contributed by atoms with Crippen LogP contribution >= 0.6 is 0 Å². The van der Waals surface area contributed by atoms with Gasteiger partial charge in [0.25, 0.3) is 11.6 Å². The van der Waals surface area contributed by atoms with Crippen molar-refractivity contribution in [3.05, 3.63) is 75.5 Å². The summed E-state index contributed by atoms with van der Waals surface area (Å²) in [5.41, 5.74) is 0.695. The molecule has 2 aromatic carbocycles. The Balaban J connectivity index is 2.19. The summed E-state index contributed by atoms with van der Waals surface area (Å²) in [5.74, 6) is -0.541. The smallest absolute Gasteiger partial charge is 0.355 e. The molecule has 8 heteroatoms. The van der Waals surface area contributed by atoms with Crippen molar-refractivity contribution < 1.29 is 24.0 Å². The standard InChI is InChI=1S/C23H26N2O6/c1-4-5-14-30-20-12-8-18(9-13-20)22(26)24-21(23(27)31-16(2)3)15-17-6-10-19(11-7-17)25(28)29/h6-13,15-16H,4-5,14H2,1-3H3,(H,24,26)/b21-15-. The number of carbonyl (C=O) groups excluding carboxylic acids is 2. The lowest BCUT2D eigenvalue weighted by Crippen LogP contribution is -2.29. The minimum atomic E-state index is -0.707. The molecule has 0 radical (unpaired) electrons. The van der Waals surface area contributed by atoms with Gasteiger partial charge in [-0.15, -0.1) is 0 Å². The SMILES string of the molecule is CCCCOc1ccc(C(=O)N/C(=C\c2ccc([N+](=O)[O-])cc2)C(=O)OC(C)C)cc1. The second-order valence-corrected chi connectivity index (χ2v) is 7.04. The first-order valence-electron chi connectivity index (χ1n) is 10.0. The fourth-order valence-corrected chi connectivity index (χ4v) is 2.51. The van der Waals surface area contributed by atoms with E-state index < -0.39 is 16.8 Å². The first kappa shape index (κ1) is 23.6. The van der Waals surface area contributed by atoms with Crippen LogP contribution in [0.25, 0.3) is 6.08 Å². The Morgan fingerprint density at radius 3 is 2.29 bits per heavy atom. The van der Waals surface area contributed by atoms with Crippen LogP contribution in [0.15, 0.2) is 54.2 Å². The zero-order valence-electron chi connectivity index (χ0n) is 17.8. The minimum absolute atomic E-state index is 0.0733. The number of nitrogens with zero attached hydrogens (tertiary/aromatic N) is 1. The van der Waals surface area contributed by atoms with Crippen LogP contribution in [0.4, 0.5) is 5.69 Å². The molecule has 8 nitrogen and oxygen atoms in total. The van der Waals surface area contributed by atoms with Gasteiger partial charge in [-0.2, -0.15) is 0 Å². The zero-order chi connectivity index (χ0) is 22.8. The number of nitrogens with one attached hydrogen (secondary N) is 1. The molecule has 0 spiro atoms. The summed E-state index contributed by atoms with van der Waals surface area (Å²) in [7, 11) is 0. The lowest BCUT2D eigenvalue weighted by Gasteiger charge is -2.13. The van der Waals surface area contributed by atoms with Gasteiger partial charge in [-0.05, 0) is 68.3 Å². The van der Waals surface area contributed by atoms with E-state index in [4.69, 9.17) is 9.47 Å². The molecule has 0 saturated carbocycles. The first-order valence-corrected chi connectivity index (χ1v) is 10.0. The number of nitro groups is 1. The van der Waals surface area contributed by atoms with Crippen molar-refractivity contribution in [3.8, 4) is 5.75 Å². The number of non-ortho nitro benzene ring substituents is 1. The van der Waals surface area contributed by atoms with Gasteiger partial charge in [0.2, 0.25) is 0 Å². The molecule has 0 unspecified atom stereocenters. The van der Waals surface area contributed by atoms with Gasteiger partial charge in [-0.1, -0.05) is 13.3 Å². The Bertz CT molecular complexity index is 934. The van der Waals surface area contributed by atoms with Gasteiger partial charge in [-0.3, -0.25) is 14.9 Å². The summed E-state index contributed by atoms with van der Waals surface area (Å²) in [6, 6.07) is 12.2. The van der Waals surface area contributed by atoms with Crippen LogP contribution in [0.3, 0.4) is 0 Å². The number of esters is 1. The number of hydrogen-bond donors (Lipinski definition) is 1. The number of benzene rings is 2. The number of rotatable bonds is 10. The normalized spacial score (nSPS) is 11.2. The van der Waals surface area contributed by atoms with Crippen LogP contribution in [0.5, 0.6) is 5.75 Å². The Labute approximate surface area is 181 Å². The maximum atomic E-state index is 12.7. The summed E-state index contributed by atoms with van der Waals surface area (Å²) < 4.78 is 10.8. The van der Waals surface area contributed by atoms with Gasteiger partial charge in [0.1, 0.15) is 11.4 Å². The lowest BCUT2D eigenvalue weighted by molar-refractivity contribution is -0.384. The Morgan fingerprint density at radius 1 is 1.10 bits per heavy atom. The molecule has 1 amide bonds. The average Bonchev–Trinajstić information content (AvgIpc) is 2.73. The predicted octanol–water partition coefficient (Wildman–Crippen LogP) is 4.50. The highest BCUT2D eigenvalue weighted by atomic mass is 16.6. The number of amides is 1. The highest BCUT2D eigenvalue weighted by Crippen LogP contribution is 2.16. The summed E-state index contributed by atoms with van der Waals surface area (Å²) in [6.07, 6.45) is 2.99. The van der Waals surface area contributed by atoms with E-state index in [1.807, 2.05) is 0 Å². The van der Waals surface area contributed by atoms with Crippen molar-refractivity contribution in [2.24, 2.45) is 0 Å². The lowest BCUT2D eigenvalue weighted by atomic mass is 10.1. The van der Waals surface area contributed by atoms with Gasteiger partial charge >= 0.3 is 5.97 Å². The van der Waals surface area contributed by atoms with Crippen molar-refractivity contribution >= 4 is 23.6 Å². The maximum Gasteiger partial charge on any atom is 0.355 e. The topological polar surface area (TPSA) is 108 Å². The van der Waals surface area contributed by atoms with Gasteiger partial charge < -0.3 is 14.8 Å². The van der Waals surface area contributed by atoms with E-state index in [-0.39, 0.29) is 17.5 Å². The van der Waals surface area contributed by atoms with Crippen molar-refractivity contribution in [3.63, 3.8) is 0 Å². The van der Waals surface area contributed by atoms with Crippen LogP contribution < -0.4 is 10.1 Å². The van der Waals surface area contributed by atoms with E-state index in [0.717, 1.165) is 12.8 Å². The van der Waals surface area contributed by atoms with Crippen molar-refractivity contribution in [2.75, 3.05) is 6.61 Å². The Morgan fingerprint density at radius 2 is 1.74 bits per heavy atom. The molecule has 2 aromatic rings.